The molecule has 0 heterocycles. The number of fused-ring (bicyclic) bond motifs is 1. The molecule has 0 saturated carbocycles. The van der Waals surface area contributed by atoms with Gasteiger partial charge in [-0.3, -0.25) is 0 Å². The van der Waals surface area contributed by atoms with E-state index in [2.05, 4.69) is 0 Å². The second-order valence-corrected chi connectivity index (χ2v) is 3.99. The van der Waals surface area contributed by atoms with Crippen molar-refractivity contribution in [3.05, 3.63) is 35.4 Å². The summed E-state index contributed by atoms with van der Waals surface area (Å²) >= 11 is 0. The second kappa shape index (κ2) is 4.56. The van der Waals surface area contributed by atoms with E-state index < -0.39 is 5.97 Å². The molecule has 2 aromatic rings. The van der Waals surface area contributed by atoms with E-state index in [-0.39, 0.29) is 5.56 Å². The zero-order valence-electron chi connectivity index (χ0n) is 10.5. The van der Waals surface area contributed by atoms with Crippen molar-refractivity contribution >= 4 is 16.7 Å². The Bertz CT molecular complexity index is 617. The van der Waals surface area contributed by atoms with Gasteiger partial charge in [0.2, 0.25) is 0 Å². The number of aromatic carboxylic acids is 1. The van der Waals surface area contributed by atoms with Crippen LogP contribution in [0.2, 0.25) is 0 Å². The minimum atomic E-state index is -0.959. The van der Waals surface area contributed by atoms with Crippen molar-refractivity contribution < 1.29 is 19.4 Å². The Morgan fingerprint density at radius 2 is 1.83 bits per heavy atom. The average molecular weight is 246 g/mol. The molecule has 0 fully saturated rings. The van der Waals surface area contributed by atoms with Gasteiger partial charge in [-0.2, -0.15) is 0 Å². The molecule has 0 bridgehead atoms. The first kappa shape index (κ1) is 12.2. The van der Waals surface area contributed by atoms with Crippen LogP contribution >= 0.6 is 0 Å². The number of rotatable bonds is 3. The number of hydrogen-bond acceptors (Lipinski definition) is 3. The van der Waals surface area contributed by atoms with Crippen LogP contribution in [0.15, 0.2) is 24.3 Å². The molecule has 4 nitrogen and oxygen atoms in total. The van der Waals surface area contributed by atoms with E-state index in [9.17, 15) is 4.79 Å². The molecular formula is C14H14O4. The molecule has 0 radical (unpaired) electrons. The van der Waals surface area contributed by atoms with E-state index in [1.807, 2.05) is 13.0 Å². The Kier molecular flexibility index (Phi) is 3.10. The fourth-order valence-corrected chi connectivity index (χ4v) is 2.07. The quantitative estimate of drug-likeness (QED) is 0.904. The summed E-state index contributed by atoms with van der Waals surface area (Å²) < 4.78 is 10.6. The average Bonchev–Trinajstić information content (AvgIpc) is 2.37. The van der Waals surface area contributed by atoms with Crippen molar-refractivity contribution in [3.8, 4) is 11.5 Å². The van der Waals surface area contributed by atoms with Crippen LogP contribution in [0.5, 0.6) is 11.5 Å². The van der Waals surface area contributed by atoms with E-state index >= 15 is 0 Å². The molecule has 4 heteroatoms. The first-order valence-electron chi connectivity index (χ1n) is 5.47. The minimum Gasteiger partial charge on any atom is -0.496 e. The molecule has 0 aliphatic heterocycles. The van der Waals surface area contributed by atoms with E-state index in [4.69, 9.17) is 14.6 Å². The maximum absolute atomic E-state index is 11.0. The molecule has 2 aromatic carbocycles. The van der Waals surface area contributed by atoms with Gasteiger partial charge in [-0.15, -0.1) is 0 Å². The van der Waals surface area contributed by atoms with Crippen molar-refractivity contribution in [3.63, 3.8) is 0 Å². The van der Waals surface area contributed by atoms with Gasteiger partial charge in [0.25, 0.3) is 0 Å². The summed E-state index contributed by atoms with van der Waals surface area (Å²) in [7, 11) is 3.16. The van der Waals surface area contributed by atoms with E-state index in [0.717, 1.165) is 16.3 Å². The van der Waals surface area contributed by atoms with Crippen LogP contribution < -0.4 is 9.47 Å². The highest BCUT2D eigenvalue weighted by atomic mass is 16.5. The summed E-state index contributed by atoms with van der Waals surface area (Å²) in [5.74, 6) is 0.425. The van der Waals surface area contributed by atoms with Crippen LogP contribution in [-0.4, -0.2) is 25.3 Å². The number of carbonyl (C=O) groups is 1. The van der Waals surface area contributed by atoms with Crippen molar-refractivity contribution in [2.75, 3.05) is 14.2 Å². The third-order valence-corrected chi connectivity index (χ3v) is 2.91. The van der Waals surface area contributed by atoms with Gasteiger partial charge in [0.1, 0.15) is 11.5 Å². The summed E-state index contributed by atoms with van der Waals surface area (Å²) in [6.45, 7) is 1.90. The molecule has 0 aliphatic rings. The van der Waals surface area contributed by atoms with Gasteiger partial charge in [-0.1, -0.05) is 0 Å². The lowest BCUT2D eigenvalue weighted by Gasteiger charge is -2.13. The molecular weight excluding hydrogens is 232 g/mol. The smallest absolute Gasteiger partial charge is 0.335 e. The van der Waals surface area contributed by atoms with Gasteiger partial charge < -0.3 is 14.6 Å². The molecule has 2 rings (SSSR count). The maximum atomic E-state index is 11.0. The molecule has 0 aliphatic carbocycles. The first-order valence-corrected chi connectivity index (χ1v) is 5.47. The summed E-state index contributed by atoms with van der Waals surface area (Å²) in [4.78, 5) is 11.0. The highest BCUT2D eigenvalue weighted by molar-refractivity contribution is 6.00. The normalized spacial score (nSPS) is 10.4. The lowest BCUT2D eigenvalue weighted by Crippen LogP contribution is -1.98. The molecule has 0 amide bonds. The van der Waals surface area contributed by atoms with Crippen LogP contribution in [0.1, 0.15) is 15.9 Å². The van der Waals surface area contributed by atoms with Gasteiger partial charge in [-0.25, -0.2) is 4.79 Å². The Morgan fingerprint density at radius 3 is 2.39 bits per heavy atom. The van der Waals surface area contributed by atoms with Crippen molar-refractivity contribution in [1.82, 2.24) is 0 Å². The van der Waals surface area contributed by atoms with Crippen LogP contribution in [-0.2, 0) is 0 Å². The Balaban J connectivity index is 2.85. The molecule has 0 spiro atoms. The molecule has 0 aromatic heterocycles. The molecule has 0 unspecified atom stereocenters. The zero-order valence-corrected chi connectivity index (χ0v) is 10.5. The predicted octanol–water partition coefficient (Wildman–Crippen LogP) is 2.86. The third-order valence-electron chi connectivity index (χ3n) is 2.91. The summed E-state index contributed by atoms with van der Waals surface area (Å²) in [5, 5.41) is 10.6. The van der Waals surface area contributed by atoms with Crippen molar-refractivity contribution in [2.45, 2.75) is 6.92 Å². The van der Waals surface area contributed by atoms with Crippen LogP contribution in [0.3, 0.4) is 0 Å². The largest absolute Gasteiger partial charge is 0.496 e. The van der Waals surface area contributed by atoms with Gasteiger partial charge in [0, 0.05) is 10.8 Å². The molecule has 18 heavy (non-hydrogen) atoms. The zero-order chi connectivity index (χ0) is 13.3. The third kappa shape index (κ3) is 1.86. The standard InChI is InChI=1S/C14H14O4/c1-8-6-12(17-2)10-5-4-9(14(15)16)7-11(10)13(8)18-3/h4-7H,1-3H3,(H,15,16). The van der Waals surface area contributed by atoms with Gasteiger partial charge in [0.05, 0.1) is 19.8 Å². The molecule has 1 N–H and O–H groups in total. The Labute approximate surface area is 105 Å². The number of carboxylic acids is 1. The number of methoxy groups -OCH3 is 2. The monoisotopic (exact) mass is 246 g/mol. The number of aryl methyl sites for hydroxylation is 1. The fraction of sp³-hybridized carbons (Fsp3) is 0.214. The predicted molar refractivity (Wildman–Crippen MR) is 68.7 cm³/mol. The van der Waals surface area contributed by atoms with E-state index in [1.54, 1.807) is 32.4 Å². The van der Waals surface area contributed by atoms with Crippen LogP contribution in [0.25, 0.3) is 10.8 Å². The SMILES string of the molecule is COc1cc(C)c(OC)c2cc(C(=O)O)ccc12. The molecule has 94 valence electrons. The topological polar surface area (TPSA) is 55.8 Å². The van der Waals surface area contributed by atoms with Crippen LogP contribution in [0.4, 0.5) is 0 Å². The maximum Gasteiger partial charge on any atom is 0.335 e. The number of ether oxygens (including phenoxy) is 2. The second-order valence-electron chi connectivity index (χ2n) is 3.99. The molecule has 0 saturated heterocycles. The first-order chi connectivity index (χ1) is 8.58. The van der Waals surface area contributed by atoms with Gasteiger partial charge in [0.15, 0.2) is 0 Å². The van der Waals surface area contributed by atoms with Crippen molar-refractivity contribution in [2.24, 2.45) is 0 Å². The lowest BCUT2D eigenvalue weighted by molar-refractivity contribution is 0.0697. The summed E-state index contributed by atoms with van der Waals surface area (Å²) in [6.07, 6.45) is 0. The van der Waals surface area contributed by atoms with Crippen molar-refractivity contribution in [1.29, 1.82) is 0 Å². The summed E-state index contributed by atoms with van der Waals surface area (Å²) in [5.41, 5.74) is 1.14. The lowest BCUT2D eigenvalue weighted by atomic mass is 10.0. The number of benzene rings is 2. The number of hydrogen-bond donors (Lipinski definition) is 1. The highest BCUT2D eigenvalue weighted by Gasteiger charge is 2.13. The Morgan fingerprint density at radius 1 is 1.11 bits per heavy atom. The highest BCUT2D eigenvalue weighted by Crippen LogP contribution is 2.36. The number of carboxylic acid groups (broad SMARTS) is 1. The Hall–Kier alpha value is -2.23. The van der Waals surface area contributed by atoms with Crippen LogP contribution in [0, 0.1) is 6.92 Å². The van der Waals surface area contributed by atoms with E-state index in [1.165, 1.54) is 0 Å². The van der Waals surface area contributed by atoms with Gasteiger partial charge >= 0.3 is 5.97 Å². The van der Waals surface area contributed by atoms with Gasteiger partial charge in [-0.05, 0) is 36.8 Å². The summed E-state index contributed by atoms with van der Waals surface area (Å²) in [6, 6.07) is 6.77. The minimum absolute atomic E-state index is 0.230. The fourth-order valence-electron chi connectivity index (χ4n) is 2.07. The van der Waals surface area contributed by atoms with E-state index in [0.29, 0.717) is 11.5 Å². The molecule has 0 atom stereocenters.